The molecule has 0 unspecified atom stereocenters. The van der Waals surface area contributed by atoms with Crippen LogP contribution in [-0.4, -0.2) is 22.5 Å². The smallest absolute Gasteiger partial charge is 0.274 e. The summed E-state index contributed by atoms with van der Waals surface area (Å²) in [4.78, 5) is 12.1. The Bertz CT molecular complexity index is 604. The molecule has 0 N–H and O–H groups in total. The van der Waals surface area contributed by atoms with E-state index < -0.39 is 0 Å². The summed E-state index contributed by atoms with van der Waals surface area (Å²) in [6.45, 7) is 1.27. The van der Waals surface area contributed by atoms with Crippen molar-refractivity contribution in [3.8, 4) is 0 Å². The van der Waals surface area contributed by atoms with E-state index in [-0.39, 0.29) is 11.7 Å². The quantitative estimate of drug-likeness (QED) is 0.785. The van der Waals surface area contributed by atoms with Crippen molar-refractivity contribution in [1.82, 2.24) is 9.78 Å². The van der Waals surface area contributed by atoms with Crippen LogP contribution >= 0.6 is 15.9 Å². The standard InChI is InChI=1S/C11H9BrN2O2/c12-8-2-1-7-4-13-14(5-9-6-16-9)11(15)10(7)3-8/h1-4,9H,5-6H2/t9-/m0/s1. The van der Waals surface area contributed by atoms with E-state index in [1.165, 1.54) is 4.68 Å². The molecule has 1 aromatic heterocycles. The van der Waals surface area contributed by atoms with Gasteiger partial charge in [-0.3, -0.25) is 4.79 Å². The summed E-state index contributed by atoms with van der Waals surface area (Å²) >= 11 is 3.36. The molecule has 2 aromatic rings. The van der Waals surface area contributed by atoms with Crippen LogP contribution in [0.25, 0.3) is 10.8 Å². The number of fused-ring (bicyclic) bond motifs is 1. The number of halogens is 1. The molecule has 1 aliphatic heterocycles. The largest absolute Gasteiger partial charge is 0.371 e. The van der Waals surface area contributed by atoms with Gasteiger partial charge in [-0.05, 0) is 12.1 Å². The molecule has 5 heteroatoms. The van der Waals surface area contributed by atoms with E-state index in [2.05, 4.69) is 21.0 Å². The van der Waals surface area contributed by atoms with Gasteiger partial charge in [-0.15, -0.1) is 0 Å². The summed E-state index contributed by atoms with van der Waals surface area (Å²) in [6.07, 6.45) is 1.88. The van der Waals surface area contributed by atoms with Gasteiger partial charge in [0, 0.05) is 9.86 Å². The first-order valence-electron chi connectivity index (χ1n) is 5.01. The maximum absolute atomic E-state index is 12.1. The Morgan fingerprint density at radius 1 is 1.56 bits per heavy atom. The second-order valence-corrected chi connectivity index (χ2v) is 4.73. The van der Waals surface area contributed by atoms with E-state index in [0.717, 1.165) is 16.5 Å². The highest BCUT2D eigenvalue weighted by molar-refractivity contribution is 9.10. The molecule has 2 heterocycles. The van der Waals surface area contributed by atoms with E-state index in [9.17, 15) is 4.79 Å². The van der Waals surface area contributed by atoms with E-state index in [1.807, 2.05) is 18.2 Å². The van der Waals surface area contributed by atoms with E-state index in [1.54, 1.807) is 6.20 Å². The molecule has 1 aliphatic rings. The van der Waals surface area contributed by atoms with Gasteiger partial charge in [-0.1, -0.05) is 22.0 Å². The number of ether oxygens (including phenoxy) is 1. The molecule has 0 aliphatic carbocycles. The van der Waals surface area contributed by atoms with Crippen LogP contribution in [0.15, 0.2) is 33.7 Å². The molecular weight excluding hydrogens is 272 g/mol. The Labute approximate surface area is 100.0 Å². The van der Waals surface area contributed by atoms with Gasteiger partial charge < -0.3 is 4.74 Å². The van der Waals surface area contributed by atoms with Crippen molar-refractivity contribution in [3.63, 3.8) is 0 Å². The van der Waals surface area contributed by atoms with Gasteiger partial charge >= 0.3 is 0 Å². The van der Waals surface area contributed by atoms with Crippen LogP contribution in [-0.2, 0) is 11.3 Å². The lowest BCUT2D eigenvalue weighted by Gasteiger charge is -2.03. The van der Waals surface area contributed by atoms with E-state index in [0.29, 0.717) is 11.9 Å². The Balaban J connectivity index is 2.17. The third kappa shape index (κ3) is 1.76. The van der Waals surface area contributed by atoms with Crippen LogP contribution in [0.5, 0.6) is 0 Å². The highest BCUT2D eigenvalue weighted by atomic mass is 79.9. The lowest BCUT2D eigenvalue weighted by Crippen LogP contribution is -2.24. The van der Waals surface area contributed by atoms with Gasteiger partial charge in [-0.25, -0.2) is 4.68 Å². The summed E-state index contributed by atoms with van der Waals surface area (Å²) < 4.78 is 7.46. The minimum absolute atomic E-state index is 0.0608. The van der Waals surface area contributed by atoms with Gasteiger partial charge in [0.2, 0.25) is 0 Å². The van der Waals surface area contributed by atoms with Crippen molar-refractivity contribution >= 4 is 26.7 Å². The molecule has 1 atom stereocenters. The van der Waals surface area contributed by atoms with Crippen molar-refractivity contribution < 1.29 is 4.74 Å². The third-order valence-electron chi connectivity index (χ3n) is 2.60. The molecule has 4 nitrogen and oxygen atoms in total. The Morgan fingerprint density at radius 2 is 2.38 bits per heavy atom. The molecule has 1 saturated heterocycles. The predicted molar refractivity (Wildman–Crippen MR) is 63.4 cm³/mol. The molecule has 3 rings (SSSR count). The predicted octanol–water partition coefficient (Wildman–Crippen LogP) is 1.56. The number of epoxide rings is 1. The lowest BCUT2D eigenvalue weighted by atomic mass is 10.2. The lowest BCUT2D eigenvalue weighted by molar-refractivity contribution is 0.369. The van der Waals surface area contributed by atoms with Gasteiger partial charge in [-0.2, -0.15) is 5.10 Å². The molecule has 82 valence electrons. The molecule has 0 spiro atoms. The third-order valence-corrected chi connectivity index (χ3v) is 3.09. The first kappa shape index (κ1) is 9.99. The Morgan fingerprint density at radius 3 is 3.12 bits per heavy atom. The van der Waals surface area contributed by atoms with E-state index in [4.69, 9.17) is 4.74 Å². The highest BCUT2D eigenvalue weighted by Crippen LogP contribution is 2.16. The zero-order valence-corrected chi connectivity index (χ0v) is 9.98. The fourth-order valence-electron chi connectivity index (χ4n) is 1.65. The number of hydrogen-bond acceptors (Lipinski definition) is 3. The maximum Gasteiger partial charge on any atom is 0.274 e. The molecule has 0 radical (unpaired) electrons. The second kappa shape index (κ2) is 3.68. The average Bonchev–Trinajstić information content (AvgIpc) is 3.07. The fraction of sp³-hybridized carbons (Fsp3) is 0.273. The van der Waals surface area contributed by atoms with Crippen molar-refractivity contribution in [3.05, 3.63) is 39.2 Å². The molecule has 1 fully saturated rings. The van der Waals surface area contributed by atoms with Crippen molar-refractivity contribution in [2.75, 3.05) is 6.61 Å². The summed E-state index contributed by atoms with van der Waals surface area (Å²) in [5, 5.41) is 5.67. The minimum Gasteiger partial charge on any atom is -0.371 e. The van der Waals surface area contributed by atoms with Crippen molar-refractivity contribution in [2.24, 2.45) is 0 Å². The summed E-state index contributed by atoms with van der Waals surface area (Å²) in [7, 11) is 0. The van der Waals surface area contributed by atoms with Gasteiger partial charge in [0.25, 0.3) is 5.56 Å². The highest BCUT2D eigenvalue weighted by Gasteiger charge is 2.24. The minimum atomic E-state index is -0.0608. The van der Waals surface area contributed by atoms with Crippen LogP contribution in [0.3, 0.4) is 0 Å². The summed E-state index contributed by atoms with van der Waals surface area (Å²) in [5.41, 5.74) is -0.0608. The monoisotopic (exact) mass is 280 g/mol. The van der Waals surface area contributed by atoms with E-state index >= 15 is 0 Å². The van der Waals surface area contributed by atoms with Gasteiger partial charge in [0.1, 0.15) is 6.10 Å². The van der Waals surface area contributed by atoms with Crippen molar-refractivity contribution in [1.29, 1.82) is 0 Å². The number of hydrogen-bond donors (Lipinski definition) is 0. The van der Waals surface area contributed by atoms with Crippen molar-refractivity contribution in [2.45, 2.75) is 12.6 Å². The number of rotatable bonds is 2. The summed E-state index contributed by atoms with van der Waals surface area (Å²) in [6, 6.07) is 5.60. The molecule has 0 bridgehead atoms. The zero-order chi connectivity index (χ0) is 11.1. The summed E-state index contributed by atoms with van der Waals surface area (Å²) in [5.74, 6) is 0. The normalized spacial score (nSPS) is 18.9. The first-order chi connectivity index (χ1) is 7.74. The van der Waals surface area contributed by atoms with Crippen LogP contribution in [0.2, 0.25) is 0 Å². The maximum atomic E-state index is 12.1. The van der Waals surface area contributed by atoms with Crippen LogP contribution in [0.4, 0.5) is 0 Å². The molecule has 0 amide bonds. The van der Waals surface area contributed by atoms with Gasteiger partial charge in [0.05, 0.1) is 24.7 Å². The Hall–Kier alpha value is -1.20. The number of nitrogens with zero attached hydrogens (tertiary/aromatic N) is 2. The first-order valence-corrected chi connectivity index (χ1v) is 5.80. The average molecular weight is 281 g/mol. The number of aromatic nitrogens is 2. The topological polar surface area (TPSA) is 47.4 Å². The van der Waals surface area contributed by atoms with Gasteiger partial charge in [0.15, 0.2) is 0 Å². The SMILES string of the molecule is O=c1c2cc(Br)ccc2cnn1C[C@H]1CO1. The molecule has 1 aromatic carbocycles. The zero-order valence-electron chi connectivity index (χ0n) is 8.39. The second-order valence-electron chi connectivity index (χ2n) is 3.82. The van der Waals surface area contributed by atoms with Crippen LogP contribution in [0.1, 0.15) is 0 Å². The Kier molecular flexibility index (Phi) is 2.29. The molecule has 0 saturated carbocycles. The molecule has 16 heavy (non-hydrogen) atoms. The number of benzene rings is 1. The van der Waals surface area contributed by atoms with Crippen LogP contribution in [0, 0.1) is 0 Å². The van der Waals surface area contributed by atoms with Crippen LogP contribution < -0.4 is 5.56 Å². The molecular formula is C11H9BrN2O2. The fourth-order valence-corrected chi connectivity index (χ4v) is 2.01.